The summed E-state index contributed by atoms with van der Waals surface area (Å²) in [6, 6.07) is 1.13. The first-order chi connectivity index (χ1) is 9.79. The van der Waals surface area contributed by atoms with Crippen LogP contribution in [0.4, 0.5) is 0 Å². The number of hydrogen-bond donors (Lipinski definition) is 2. The van der Waals surface area contributed by atoms with Crippen molar-refractivity contribution in [3.63, 3.8) is 0 Å². The first kappa shape index (κ1) is 15.5. The van der Waals surface area contributed by atoms with Crippen molar-refractivity contribution in [2.45, 2.75) is 36.4 Å². The van der Waals surface area contributed by atoms with E-state index in [4.69, 9.17) is 0 Å². The number of thiophene rings is 1. The van der Waals surface area contributed by atoms with Crippen molar-refractivity contribution in [2.24, 2.45) is 17.8 Å². The second kappa shape index (κ2) is 5.33. The van der Waals surface area contributed by atoms with Crippen molar-refractivity contribution in [1.82, 2.24) is 4.72 Å². The number of carboxylic acids is 1. The second-order valence-corrected chi connectivity index (χ2v) is 10.2. The van der Waals surface area contributed by atoms with Crippen LogP contribution in [0.1, 0.15) is 24.8 Å². The number of fused-ring (bicyclic) bond motifs is 2. The molecule has 2 fully saturated rings. The molecule has 2 bridgehead atoms. The molecule has 0 amide bonds. The molecular weight excluding hydrogens is 378 g/mol. The lowest BCUT2D eigenvalue weighted by Gasteiger charge is -2.28. The van der Waals surface area contributed by atoms with Crippen LogP contribution in [-0.2, 0) is 14.8 Å². The zero-order valence-electron chi connectivity index (χ0n) is 11.4. The van der Waals surface area contributed by atoms with Crippen LogP contribution in [0.5, 0.6) is 0 Å². The highest BCUT2D eigenvalue weighted by molar-refractivity contribution is 9.11. The third kappa shape index (κ3) is 2.67. The van der Waals surface area contributed by atoms with E-state index in [1.165, 1.54) is 0 Å². The van der Waals surface area contributed by atoms with Gasteiger partial charge >= 0.3 is 5.97 Å². The highest BCUT2D eigenvalue weighted by Gasteiger charge is 2.52. The van der Waals surface area contributed by atoms with Crippen LogP contribution < -0.4 is 4.72 Å². The average molecular weight is 394 g/mol. The van der Waals surface area contributed by atoms with Crippen LogP contribution in [0.3, 0.4) is 0 Å². The maximum absolute atomic E-state index is 12.5. The molecule has 5 nitrogen and oxygen atoms in total. The van der Waals surface area contributed by atoms with Gasteiger partial charge in [0.05, 0.1) is 9.70 Å². The van der Waals surface area contributed by atoms with Crippen molar-refractivity contribution in [1.29, 1.82) is 0 Å². The number of halogens is 1. The highest BCUT2D eigenvalue weighted by Crippen LogP contribution is 2.49. The molecule has 1 aromatic heterocycles. The Kier molecular flexibility index (Phi) is 3.92. The molecule has 21 heavy (non-hydrogen) atoms. The third-order valence-corrected chi connectivity index (χ3v) is 8.66. The van der Waals surface area contributed by atoms with Crippen LogP contribution in [0.15, 0.2) is 14.1 Å². The number of nitrogens with one attached hydrogen (secondary N) is 1. The van der Waals surface area contributed by atoms with Crippen molar-refractivity contribution >= 4 is 43.3 Å². The van der Waals surface area contributed by atoms with Gasteiger partial charge < -0.3 is 5.11 Å². The molecule has 0 radical (unpaired) electrons. The second-order valence-electron chi connectivity index (χ2n) is 5.87. The van der Waals surface area contributed by atoms with Crippen LogP contribution in [0.25, 0.3) is 0 Å². The molecule has 3 rings (SSSR count). The smallest absolute Gasteiger partial charge is 0.308 e. The van der Waals surface area contributed by atoms with Crippen molar-refractivity contribution < 1.29 is 18.3 Å². The normalized spacial score (nSPS) is 31.7. The zero-order valence-corrected chi connectivity index (χ0v) is 14.6. The summed E-state index contributed by atoms with van der Waals surface area (Å²) < 4.78 is 28.6. The molecule has 2 N–H and O–H groups in total. The van der Waals surface area contributed by atoms with E-state index in [0.717, 1.165) is 39.9 Å². The standard InChI is InChI=1S/C13H16BrNO4S2/c1-6-4-9(20-12(6)14)21(18,19)15-11-8-3-2-7(5-8)10(11)13(16)17/h4,7-8,10-11,15H,2-3,5H2,1H3,(H,16,17). The molecule has 2 aliphatic rings. The molecule has 2 aliphatic carbocycles. The molecule has 8 heteroatoms. The predicted molar refractivity (Wildman–Crippen MR) is 82.8 cm³/mol. The number of carbonyl (C=O) groups is 1. The van der Waals surface area contributed by atoms with E-state index in [0.29, 0.717) is 0 Å². The Morgan fingerprint density at radius 3 is 2.67 bits per heavy atom. The molecule has 4 atom stereocenters. The maximum Gasteiger partial charge on any atom is 0.308 e. The minimum absolute atomic E-state index is 0.108. The van der Waals surface area contributed by atoms with Crippen molar-refractivity contribution in [3.8, 4) is 0 Å². The summed E-state index contributed by atoms with van der Waals surface area (Å²) in [6.45, 7) is 1.83. The average Bonchev–Trinajstić information content (AvgIpc) is 3.05. The number of sulfonamides is 1. The third-order valence-electron chi connectivity index (χ3n) is 4.59. The lowest BCUT2D eigenvalue weighted by molar-refractivity contribution is -0.144. The van der Waals surface area contributed by atoms with Gasteiger partial charge in [0.2, 0.25) is 10.0 Å². The fourth-order valence-corrected chi connectivity index (χ4v) is 7.19. The summed E-state index contributed by atoms with van der Waals surface area (Å²) in [4.78, 5) is 11.4. The van der Waals surface area contributed by atoms with Gasteiger partial charge in [-0.25, -0.2) is 13.1 Å². The monoisotopic (exact) mass is 393 g/mol. The van der Waals surface area contributed by atoms with Crippen molar-refractivity contribution in [2.75, 3.05) is 0 Å². The number of rotatable bonds is 4. The van der Waals surface area contributed by atoms with Gasteiger partial charge in [-0.05, 0) is 65.6 Å². The van der Waals surface area contributed by atoms with Gasteiger partial charge in [-0.3, -0.25) is 4.79 Å². The van der Waals surface area contributed by atoms with Crippen LogP contribution in [0.2, 0.25) is 0 Å². The van der Waals surface area contributed by atoms with Crippen LogP contribution in [0, 0.1) is 24.7 Å². The Labute approximate surface area is 135 Å². The number of aliphatic carboxylic acids is 1. The summed E-state index contributed by atoms with van der Waals surface area (Å²) in [7, 11) is -3.66. The van der Waals surface area contributed by atoms with Gasteiger partial charge in [-0.1, -0.05) is 0 Å². The van der Waals surface area contributed by atoms with Gasteiger partial charge in [0, 0.05) is 6.04 Å². The topological polar surface area (TPSA) is 83.5 Å². The van der Waals surface area contributed by atoms with Crippen LogP contribution in [-0.4, -0.2) is 25.5 Å². The maximum atomic E-state index is 12.5. The molecular formula is C13H16BrNO4S2. The van der Waals surface area contributed by atoms with E-state index >= 15 is 0 Å². The molecule has 2 saturated carbocycles. The van der Waals surface area contributed by atoms with Crippen molar-refractivity contribution in [3.05, 3.63) is 15.4 Å². The summed E-state index contributed by atoms with van der Waals surface area (Å²) in [5.74, 6) is -1.23. The summed E-state index contributed by atoms with van der Waals surface area (Å²) >= 11 is 4.47. The molecule has 0 aromatic carbocycles. The molecule has 0 spiro atoms. The largest absolute Gasteiger partial charge is 0.481 e. The number of hydrogen-bond acceptors (Lipinski definition) is 4. The first-order valence-corrected chi connectivity index (χ1v) is 9.90. The Hall–Kier alpha value is -0.440. The van der Waals surface area contributed by atoms with E-state index in [9.17, 15) is 18.3 Å². The van der Waals surface area contributed by atoms with E-state index < -0.39 is 28.0 Å². The molecule has 116 valence electrons. The van der Waals surface area contributed by atoms with Gasteiger partial charge in [0.15, 0.2) is 0 Å². The predicted octanol–water partition coefficient (Wildman–Crippen LogP) is 2.60. The fraction of sp³-hybridized carbons (Fsp3) is 0.615. The molecule has 0 aliphatic heterocycles. The Morgan fingerprint density at radius 2 is 2.10 bits per heavy atom. The minimum atomic E-state index is -3.66. The molecule has 4 unspecified atom stereocenters. The summed E-state index contributed by atoms with van der Waals surface area (Å²) in [5, 5.41) is 9.38. The summed E-state index contributed by atoms with van der Waals surface area (Å²) in [6.07, 6.45) is 2.62. The van der Waals surface area contributed by atoms with E-state index in [2.05, 4.69) is 20.7 Å². The quantitative estimate of drug-likeness (QED) is 0.823. The van der Waals surface area contributed by atoms with E-state index in [1.807, 2.05) is 6.92 Å². The number of carboxylic acid groups (broad SMARTS) is 1. The molecule has 0 saturated heterocycles. The number of aryl methyl sites for hydroxylation is 1. The first-order valence-electron chi connectivity index (χ1n) is 6.80. The fourth-order valence-electron chi connectivity index (χ4n) is 3.62. The SMILES string of the molecule is Cc1cc(S(=O)(=O)NC2C3CCC(C3)C2C(=O)O)sc1Br. The van der Waals surface area contributed by atoms with Gasteiger partial charge in [0.25, 0.3) is 0 Å². The van der Waals surface area contributed by atoms with Gasteiger partial charge in [-0.2, -0.15) is 0 Å². The Balaban J connectivity index is 1.86. The lowest BCUT2D eigenvalue weighted by atomic mass is 9.85. The van der Waals surface area contributed by atoms with E-state index in [1.54, 1.807) is 6.07 Å². The Bertz CT molecular complexity index is 665. The summed E-state index contributed by atoms with van der Waals surface area (Å²) in [5.41, 5.74) is 0.864. The minimum Gasteiger partial charge on any atom is -0.481 e. The van der Waals surface area contributed by atoms with Gasteiger partial charge in [0.1, 0.15) is 4.21 Å². The molecule has 1 aromatic rings. The van der Waals surface area contributed by atoms with Gasteiger partial charge in [-0.15, -0.1) is 11.3 Å². The highest BCUT2D eigenvalue weighted by atomic mass is 79.9. The lowest BCUT2D eigenvalue weighted by Crippen LogP contribution is -2.46. The van der Waals surface area contributed by atoms with E-state index in [-0.39, 0.29) is 16.0 Å². The molecule has 1 heterocycles. The Morgan fingerprint density at radius 1 is 1.43 bits per heavy atom. The van der Waals surface area contributed by atoms with Crippen LogP contribution >= 0.6 is 27.3 Å². The zero-order chi connectivity index (χ0) is 15.4.